The van der Waals surface area contributed by atoms with E-state index in [0.29, 0.717) is 18.0 Å². The van der Waals surface area contributed by atoms with Crippen molar-refractivity contribution in [3.05, 3.63) is 76.0 Å². The second kappa shape index (κ2) is 10.5. The fourth-order valence-corrected chi connectivity index (χ4v) is 7.34. The lowest BCUT2D eigenvalue weighted by Gasteiger charge is -2.31. The van der Waals surface area contributed by atoms with Gasteiger partial charge in [-0.15, -0.1) is 0 Å². The van der Waals surface area contributed by atoms with Crippen LogP contribution in [0.15, 0.2) is 42.5 Å². The largest absolute Gasteiger partial charge is 0.349 e. The summed E-state index contributed by atoms with van der Waals surface area (Å²) in [6.45, 7) is 9.13. The minimum Gasteiger partial charge on any atom is -0.349 e. The van der Waals surface area contributed by atoms with E-state index in [1.165, 1.54) is 43.2 Å². The fourth-order valence-electron chi connectivity index (χ4n) is 7.34. The molecule has 39 heavy (non-hydrogen) atoms. The van der Waals surface area contributed by atoms with Crippen molar-refractivity contribution in [3.63, 3.8) is 0 Å². The van der Waals surface area contributed by atoms with Gasteiger partial charge in [0.05, 0.1) is 5.52 Å². The first-order valence-electron chi connectivity index (χ1n) is 14.9. The van der Waals surface area contributed by atoms with Crippen molar-refractivity contribution in [2.24, 2.45) is 11.8 Å². The number of hydrogen-bond donors (Lipinski definition) is 1. The minimum absolute atomic E-state index is 0.0239. The van der Waals surface area contributed by atoms with Gasteiger partial charge in [0.1, 0.15) is 0 Å². The first-order valence-corrected chi connectivity index (χ1v) is 14.9. The van der Waals surface area contributed by atoms with Crippen molar-refractivity contribution in [2.75, 3.05) is 6.54 Å². The number of nitrogens with zero attached hydrogens (tertiary/aromatic N) is 2. The Hall–Kier alpha value is -3.05. The third kappa shape index (κ3) is 4.91. The standard InChI is InChI=1S/C34H41N3O2/c1-20(2)33(38)24-9-14-26-29(19-24)31-16-15-30(26)37(31)18-17-23-7-10-25(11-8-23)36-34(39)28-12-5-21(3)32-27(28)13-6-22(4)35-32/h5-6,9,12-14,19-20,23,25,30-31H,7-8,10-11,15-18H2,1-4H3,(H,36,39)/t23-,25-,30-,31+/m0/s1. The lowest BCUT2D eigenvalue weighted by atomic mass is 9.84. The predicted molar refractivity (Wildman–Crippen MR) is 156 cm³/mol. The van der Waals surface area contributed by atoms with Gasteiger partial charge in [0.2, 0.25) is 0 Å². The highest BCUT2D eigenvalue weighted by Gasteiger charge is 2.43. The Balaban J connectivity index is 1.03. The monoisotopic (exact) mass is 523 g/mol. The second-order valence-electron chi connectivity index (χ2n) is 12.5. The smallest absolute Gasteiger partial charge is 0.252 e. The van der Waals surface area contributed by atoms with Gasteiger partial charge in [0.25, 0.3) is 5.91 Å². The average Bonchev–Trinajstić information content (AvgIpc) is 3.48. The lowest BCUT2D eigenvalue weighted by Crippen LogP contribution is -2.38. The summed E-state index contributed by atoms with van der Waals surface area (Å²) in [7, 11) is 0. The van der Waals surface area contributed by atoms with Crippen molar-refractivity contribution in [1.29, 1.82) is 0 Å². The van der Waals surface area contributed by atoms with Crippen molar-refractivity contribution in [2.45, 2.75) is 90.8 Å². The molecule has 5 nitrogen and oxygen atoms in total. The highest BCUT2D eigenvalue weighted by molar-refractivity contribution is 6.07. The topological polar surface area (TPSA) is 62.3 Å². The molecule has 1 N–H and O–H groups in total. The normalized spacial score (nSPS) is 24.3. The number of carbonyl (C=O) groups is 2. The van der Waals surface area contributed by atoms with Gasteiger partial charge in [-0.1, -0.05) is 38.1 Å². The van der Waals surface area contributed by atoms with Crippen molar-refractivity contribution in [3.8, 4) is 0 Å². The molecule has 2 atom stereocenters. The zero-order valence-corrected chi connectivity index (χ0v) is 23.8. The Morgan fingerprint density at radius 3 is 2.41 bits per heavy atom. The molecule has 5 heteroatoms. The predicted octanol–water partition coefficient (Wildman–Crippen LogP) is 7.26. The molecule has 1 aliphatic carbocycles. The molecule has 0 spiro atoms. The zero-order chi connectivity index (χ0) is 27.3. The number of carbonyl (C=O) groups excluding carboxylic acids is 2. The molecular weight excluding hydrogens is 482 g/mol. The number of rotatable bonds is 7. The number of Topliss-reactive ketones (excluding diaryl/α,β-unsaturated/α-hetero) is 1. The molecule has 3 heterocycles. The van der Waals surface area contributed by atoms with E-state index in [1.54, 1.807) is 0 Å². The van der Waals surface area contributed by atoms with Crippen LogP contribution in [0.5, 0.6) is 0 Å². The Kier molecular flexibility index (Phi) is 7.05. The van der Waals surface area contributed by atoms with Crippen LogP contribution in [0.2, 0.25) is 0 Å². The summed E-state index contributed by atoms with van der Waals surface area (Å²) < 4.78 is 0. The van der Waals surface area contributed by atoms with Crippen LogP contribution in [-0.4, -0.2) is 34.2 Å². The highest BCUT2D eigenvalue weighted by atomic mass is 16.1. The average molecular weight is 524 g/mol. The summed E-state index contributed by atoms with van der Waals surface area (Å²) in [5.74, 6) is 1.02. The third-order valence-corrected chi connectivity index (χ3v) is 9.55. The van der Waals surface area contributed by atoms with Crippen molar-refractivity contribution in [1.82, 2.24) is 15.2 Å². The van der Waals surface area contributed by atoms with Gasteiger partial charge in [-0.25, -0.2) is 0 Å². The van der Waals surface area contributed by atoms with Gasteiger partial charge >= 0.3 is 0 Å². The summed E-state index contributed by atoms with van der Waals surface area (Å²) in [6, 6.07) is 15.7. The molecule has 3 aliphatic rings. The molecule has 2 bridgehead atoms. The van der Waals surface area contributed by atoms with Crippen LogP contribution < -0.4 is 5.32 Å². The van der Waals surface area contributed by atoms with E-state index in [4.69, 9.17) is 0 Å². The SMILES string of the molecule is Cc1ccc2c(C(=O)N[C@H]3CC[C@H](CCN4[C@@H]5CC[C@H]4c4ccc(C(=O)C(C)C)cc45)CC3)ccc(C)c2n1. The molecule has 1 saturated heterocycles. The van der Waals surface area contributed by atoms with E-state index < -0.39 is 0 Å². The van der Waals surface area contributed by atoms with Crippen LogP contribution in [0.4, 0.5) is 0 Å². The van der Waals surface area contributed by atoms with Gasteiger partial charge < -0.3 is 5.32 Å². The number of pyridine rings is 1. The minimum atomic E-state index is 0.0239. The van der Waals surface area contributed by atoms with Crippen LogP contribution in [-0.2, 0) is 0 Å². The third-order valence-electron chi connectivity index (χ3n) is 9.55. The number of benzene rings is 2. The molecule has 0 radical (unpaired) electrons. The molecular formula is C34H41N3O2. The maximum atomic E-state index is 13.2. The summed E-state index contributed by atoms with van der Waals surface area (Å²) in [5.41, 5.74) is 7.45. The number of amides is 1. The van der Waals surface area contributed by atoms with Gasteiger partial charge in [0, 0.05) is 46.3 Å². The molecule has 6 rings (SSSR count). The summed E-state index contributed by atoms with van der Waals surface area (Å²) in [4.78, 5) is 33.2. The van der Waals surface area contributed by atoms with E-state index in [1.807, 2.05) is 51.1 Å². The number of fused-ring (bicyclic) bond motifs is 6. The van der Waals surface area contributed by atoms with E-state index in [2.05, 4.69) is 34.3 Å². The quantitative estimate of drug-likeness (QED) is 0.331. The molecule has 2 aromatic carbocycles. The summed E-state index contributed by atoms with van der Waals surface area (Å²) in [6.07, 6.45) is 8.09. The molecule has 3 aromatic rings. The molecule has 2 fully saturated rings. The first-order chi connectivity index (χ1) is 18.8. The maximum absolute atomic E-state index is 13.2. The summed E-state index contributed by atoms with van der Waals surface area (Å²) >= 11 is 0. The number of aromatic nitrogens is 1. The number of hydrogen-bond acceptors (Lipinski definition) is 4. The molecule has 1 aromatic heterocycles. The molecule has 0 unspecified atom stereocenters. The van der Waals surface area contributed by atoms with E-state index in [-0.39, 0.29) is 23.7 Å². The molecule has 1 saturated carbocycles. The van der Waals surface area contributed by atoms with Gasteiger partial charge in [-0.3, -0.25) is 19.5 Å². The lowest BCUT2D eigenvalue weighted by molar-refractivity contribution is 0.0917. The van der Waals surface area contributed by atoms with E-state index in [9.17, 15) is 9.59 Å². The Bertz CT molecular complexity index is 1420. The number of ketones is 1. The van der Waals surface area contributed by atoms with Crippen LogP contribution >= 0.6 is 0 Å². The van der Waals surface area contributed by atoms with E-state index in [0.717, 1.165) is 52.7 Å². The Morgan fingerprint density at radius 1 is 0.923 bits per heavy atom. The fraction of sp³-hybridized carbons (Fsp3) is 0.500. The number of aryl methyl sites for hydroxylation is 2. The zero-order valence-electron chi connectivity index (χ0n) is 23.8. The van der Waals surface area contributed by atoms with Gasteiger partial charge in [0.15, 0.2) is 5.78 Å². The Morgan fingerprint density at radius 2 is 1.67 bits per heavy atom. The molecule has 1 amide bonds. The molecule has 204 valence electrons. The second-order valence-corrected chi connectivity index (χ2v) is 12.5. The molecule has 2 aliphatic heterocycles. The highest BCUT2D eigenvalue weighted by Crippen LogP contribution is 2.53. The van der Waals surface area contributed by atoms with Crippen LogP contribution in [0.3, 0.4) is 0 Å². The summed E-state index contributed by atoms with van der Waals surface area (Å²) in [5, 5.41) is 4.27. The van der Waals surface area contributed by atoms with Crippen molar-refractivity contribution >= 4 is 22.6 Å². The Labute approximate surface area is 232 Å². The van der Waals surface area contributed by atoms with Crippen LogP contribution in [0.1, 0.15) is 114 Å². The van der Waals surface area contributed by atoms with Crippen molar-refractivity contribution < 1.29 is 9.59 Å². The maximum Gasteiger partial charge on any atom is 0.252 e. The van der Waals surface area contributed by atoms with Gasteiger partial charge in [-0.2, -0.15) is 0 Å². The van der Waals surface area contributed by atoms with Crippen LogP contribution in [0, 0.1) is 25.7 Å². The number of nitrogens with one attached hydrogen (secondary N) is 1. The van der Waals surface area contributed by atoms with E-state index >= 15 is 0 Å². The van der Waals surface area contributed by atoms with Gasteiger partial charge in [-0.05, 0) is 106 Å². The first kappa shape index (κ1) is 26.2. The van der Waals surface area contributed by atoms with Crippen LogP contribution in [0.25, 0.3) is 10.9 Å².